The van der Waals surface area contributed by atoms with E-state index in [1.165, 1.54) is 5.32 Å². The predicted octanol–water partition coefficient (Wildman–Crippen LogP) is 1.87. The third-order valence-corrected chi connectivity index (χ3v) is 8.36. The summed E-state index contributed by atoms with van der Waals surface area (Å²) in [6, 6.07) is 0. The molecule has 56 heavy (non-hydrogen) atoms. The van der Waals surface area contributed by atoms with Crippen LogP contribution in [0, 0.1) is 0 Å². The Morgan fingerprint density at radius 3 is 1.23 bits per heavy atom. The monoisotopic (exact) mass is 887 g/mol. The molecule has 0 spiro atoms. The highest BCUT2D eigenvalue weighted by molar-refractivity contribution is 5.18. The van der Waals surface area contributed by atoms with Gasteiger partial charge in [-0.1, -0.05) is 0 Å². The van der Waals surface area contributed by atoms with Crippen LogP contribution in [0.3, 0.4) is 0 Å². The van der Waals surface area contributed by atoms with E-state index < -0.39 is 147 Å². The SMILES string of the molecule is OC[C@H]1O[C@@H](O[C@H]2[C@H](O)[C@@H](O)C(NCCC(F)(F)C(F)(F)C(F)(F)C(F)(F)C(F)(F)C(F)(F)C(F)(F)C(F)(F)C(F)(F)C(F)(F)F)O[C@@H]2CO)[C@H](O)[C@@H](O)[C@H]1O. The molecule has 0 amide bonds. The minimum Gasteiger partial charge on any atom is -0.394 e. The zero-order valence-electron chi connectivity index (χ0n) is 26.4. The average Bonchev–Trinajstić information content (AvgIpc) is 3.06. The third-order valence-electron chi connectivity index (χ3n) is 8.36. The predicted molar refractivity (Wildman–Crippen MR) is 130 cm³/mol. The molecule has 334 valence electrons. The van der Waals surface area contributed by atoms with Crippen molar-refractivity contribution in [3.63, 3.8) is 0 Å². The van der Waals surface area contributed by atoms with Gasteiger partial charge in [-0.3, -0.25) is 5.32 Å². The Kier molecular flexibility index (Phi) is 14.0. The van der Waals surface area contributed by atoms with Gasteiger partial charge in [-0.15, -0.1) is 0 Å². The van der Waals surface area contributed by atoms with Crippen LogP contribution in [0.5, 0.6) is 0 Å². The molecule has 0 bridgehead atoms. The van der Waals surface area contributed by atoms with Crippen LogP contribution in [0.4, 0.5) is 92.2 Å². The molecule has 32 heteroatoms. The minimum absolute atomic E-state index is 1.05. The lowest BCUT2D eigenvalue weighted by molar-refractivity contribution is -0.474. The summed E-state index contributed by atoms with van der Waals surface area (Å²) in [6.45, 7) is -4.52. The molecule has 11 nitrogen and oxygen atoms in total. The van der Waals surface area contributed by atoms with Gasteiger partial charge in [0.2, 0.25) is 0 Å². The lowest BCUT2D eigenvalue weighted by Crippen LogP contribution is -2.76. The average molecular weight is 887 g/mol. The van der Waals surface area contributed by atoms with Crippen LogP contribution in [-0.2, 0) is 14.2 Å². The Balaban J connectivity index is 2.32. The van der Waals surface area contributed by atoms with Crippen LogP contribution in [0.15, 0.2) is 0 Å². The molecule has 0 aliphatic carbocycles. The maximum atomic E-state index is 14.3. The molecule has 2 saturated heterocycles. The Morgan fingerprint density at radius 2 is 0.839 bits per heavy atom. The number of aliphatic hydroxyl groups excluding tert-OH is 7. The number of aliphatic hydroxyl groups is 7. The van der Waals surface area contributed by atoms with E-state index in [0.29, 0.717) is 0 Å². The summed E-state index contributed by atoms with van der Waals surface area (Å²) in [6.07, 6.45) is -33.1. The van der Waals surface area contributed by atoms with Crippen molar-refractivity contribution in [2.24, 2.45) is 0 Å². The van der Waals surface area contributed by atoms with Gasteiger partial charge < -0.3 is 50.0 Å². The Labute approximate surface area is 295 Å². The van der Waals surface area contributed by atoms with Crippen molar-refractivity contribution in [1.82, 2.24) is 5.32 Å². The van der Waals surface area contributed by atoms with E-state index in [0.717, 1.165) is 0 Å². The highest BCUT2D eigenvalue weighted by Crippen LogP contribution is 2.66. The zero-order valence-corrected chi connectivity index (χ0v) is 26.4. The molecule has 0 aromatic heterocycles. The molecule has 1 unspecified atom stereocenters. The molecule has 0 aromatic rings. The maximum Gasteiger partial charge on any atom is 0.460 e. The molecular weight excluding hydrogens is 861 g/mol. The van der Waals surface area contributed by atoms with Gasteiger partial charge in [-0.05, 0) is 0 Å². The summed E-state index contributed by atoms with van der Waals surface area (Å²) >= 11 is 0. The van der Waals surface area contributed by atoms with Crippen LogP contribution < -0.4 is 5.32 Å². The molecule has 10 atom stereocenters. The van der Waals surface area contributed by atoms with Crippen molar-refractivity contribution in [2.75, 3.05) is 19.8 Å². The van der Waals surface area contributed by atoms with Gasteiger partial charge in [-0.2, -0.15) is 92.2 Å². The van der Waals surface area contributed by atoms with E-state index in [9.17, 15) is 128 Å². The van der Waals surface area contributed by atoms with Crippen molar-refractivity contribution < 1.29 is 142 Å². The smallest absolute Gasteiger partial charge is 0.394 e. The van der Waals surface area contributed by atoms with Crippen molar-refractivity contribution in [3.05, 3.63) is 0 Å². The normalized spacial score (nSPS) is 31.5. The first kappa shape index (κ1) is 50.2. The number of hydrogen-bond acceptors (Lipinski definition) is 11. The van der Waals surface area contributed by atoms with Crippen molar-refractivity contribution in [3.8, 4) is 0 Å². The first-order valence-corrected chi connectivity index (χ1v) is 14.5. The van der Waals surface area contributed by atoms with Gasteiger partial charge in [0.15, 0.2) is 6.29 Å². The highest BCUT2D eigenvalue weighted by Gasteiger charge is 2.97. The second-order valence-corrected chi connectivity index (χ2v) is 12.1. The topological polar surface area (TPSA) is 181 Å². The highest BCUT2D eigenvalue weighted by atomic mass is 19.4. The van der Waals surface area contributed by atoms with Gasteiger partial charge in [0.1, 0.15) is 55.1 Å². The van der Waals surface area contributed by atoms with Crippen LogP contribution in [-0.4, -0.2) is 176 Å². The first-order chi connectivity index (χ1) is 24.7. The fraction of sp³-hybridized carbons (Fsp3) is 1.00. The number of nitrogens with one attached hydrogen (secondary N) is 1. The second-order valence-electron chi connectivity index (χ2n) is 12.1. The van der Waals surface area contributed by atoms with Crippen LogP contribution >= 0.6 is 0 Å². The number of hydrogen-bond donors (Lipinski definition) is 8. The lowest BCUT2D eigenvalue weighted by atomic mass is 9.86. The molecule has 0 aromatic carbocycles. The van der Waals surface area contributed by atoms with Gasteiger partial charge in [0.25, 0.3) is 0 Å². The summed E-state index contributed by atoms with van der Waals surface area (Å²) in [4.78, 5) is 0. The molecule has 2 aliphatic rings. The van der Waals surface area contributed by atoms with Crippen LogP contribution in [0.25, 0.3) is 0 Å². The van der Waals surface area contributed by atoms with Crippen molar-refractivity contribution in [2.45, 2.75) is 127 Å². The summed E-state index contributed by atoms with van der Waals surface area (Å²) in [5.74, 6) is -78.5. The molecular formula is C24H26F21NO10. The minimum atomic E-state index is -9.32. The summed E-state index contributed by atoms with van der Waals surface area (Å²) in [5, 5.41) is 70.5. The van der Waals surface area contributed by atoms with E-state index >= 15 is 0 Å². The zero-order chi connectivity index (χ0) is 44.4. The molecule has 8 N–H and O–H groups in total. The van der Waals surface area contributed by atoms with Crippen molar-refractivity contribution in [1.29, 1.82) is 0 Å². The Bertz CT molecular complexity index is 1340. The fourth-order valence-corrected chi connectivity index (χ4v) is 4.88. The van der Waals surface area contributed by atoms with E-state index in [1.54, 1.807) is 0 Å². The standard InChI is InChI=1S/C24H26F21NO10/c25-15(26,1-2-46-13-10(52)9(51)12(6(4-48)54-13)56-14-11(53)8(50)7(49)5(3-47)55-14)16(27,28)17(29,30)18(31,32)19(33,34)20(35,36)21(37,38)22(39,40)23(41,42)24(43,44)45/h5-14,46-53H,1-4H2/t5-,6-,7+,8+,9-,10-,11-,12-,13?,14+/m1/s1. The number of rotatable bonds is 16. The lowest BCUT2D eigenvalue weighted by Gasteiger charge is -2.46. The summed E-state index contributed by atoms with van der Waals surface area (Å²) in [5.41, 5.74) is 0. The van der Waals surface area contributed by atoms with Crippen LogP contribution in [0.2, 0.25) is 0 Å². The van der Waals surface area contributed by atoms with E-state index in [2.05, 4.69) is 0 Å². The van der Waals surface area contributed by atoms with E-state index in [1.807, 2.05) is 0 Å². The summed E-state index contributed by atoms with van der Waals surface area (Å²) < 4.78 is 300. The molecule has 2 rings (SSSR count). The first-order valence-electron chi connectivity index (χ1n) is 14.5. The number of halogens is 21. The maximum absolute atomic E-state index is 14.3. The van der Waals surface area contributed by atoms with Gasteiger partial charge >= 0.3 is 59.5 Å². The molecule has 2 aliphatic heterocycles. The molecule has 2 heterocycles. The van der Waals surface area contributed by atoms with E-state index in [-0.39, 0.29) is 0 Å². The summed E-state index contributed by atoms with van der Waals surface area (Å²) in [7, 11) is 0. The van der Waals surface area contributed by atoms with Crippen LogP contribution in [0.1, 0.15) is 6.42 Å². The molecule has 0 radical (unpaired) electrons. The second kappa shape index (κ2) is 15.6. The Hall–Kier alpha value is -1.91. The molecule has 2 fully saturated rings. The third kappa shape index (κ3) is 7.56. The molecule has 0 saturated carbocycles. The number of alkyl halides is 21. The van der Waals surface area contributed by atoms with Gasteiger partial charge in [-0.25, -0.2) is 0 Å². The quantitative estimate of drug-likeness (QED) is 0.106. The Morgan fingerprint density at radius 1 is 0.446 bits per heavy atom. The largest absolute Gasteiger partial charge is 0.460 e. The van der Waals surface area contributed by atoms with Gasteiger partial charge in [0, 0.05) is 13.0 Å². The van der Waals surface area contributed by atoms with E-state index in [4.69, 9.17) is 14.2 Å². The number of ether oxygens (including phenoxy) is 3. The van der Waals surface area contributed by atoms with Gasteiger partial charge in [0.05, 0.1) is 13.2 Å². The van der Waals surface area contributed by atoms with Crippen molar-refractivity contribution >= 4 is 0 Å². The fourth-order valence-electron chi connectivity index (χ4n) is 4.88.